The fourth-order valence-corrected chi connectivity index (χ4v) is 3.93. The summed E-state index contributed by atoms with van der Waals surface area (Å²) in [7, 11) is 0. The summed E-state index contributed by atoms with van der Waals surface area (Å²) in [5.41, 5.74) is 6.22. The maximum absolute atomic E-state index is 13.6. The maximum atomic E-state index is 13.6. The molecule has 0 unspecified atom stereocenters. The molecule has 0 saturated carbocycles. The summed E-state index contributed by atoms with van der Waals surface area (Å²) in [6.07, 6.45) is 2.51. The number of H-pyrrole nitrogens is 1. The van der Waals surface area contributed by atoms with Gasteiger partial charge in [-0.2, -0.15) is 0 Å². The van der Waals surface area contributed by atoms with Crippen molar-refractivity contribution in [2.75, 3.05) is 11.9 Å². The topological polar surface area (TPSA) is 48.1 Å². The molecule has 1 aliphatic heterocycles. The van der Waals surface area contributed by atoms with Crippen LogP contribution in [0.2, 0.25) is 0 Å². The molecule has 5 heteroatoms. The molecule has 1 aromatic heterocycles. The molecule has 0 aliphatic carbocycles. The molecular weight excluding hydrogens is 365 g/mol. The smallest absolute Gasteiger partial charge is 0.322 e. The zero-order valence-corrected chi connectivity index (χ0v) is 15.8. The largest absolute Gasteiger partial charge is 0.359 e. The molecule has 0 radical (unpaired) electrons. The van der Waals surface area contributed by atoms with E-state index in [1.165, 1.54) is 28.8 Å². The van der Waals surface area contributed by atoms with Gasteiger partial charge in [0.05, 0.1) is 5.69 Å². The second-order valence-electron chi connectivity index (χ2n) is 7.34. The highest BCUT2D eigenvalue weighted by atomic mass is 19.1. The Morgan fingerprint density at radius 3 is 2.69 bits per heavy atom. The predicted octanol–water partition coefficient (Wildman–Crippen LogP) is 5.56. The molecule has 0 saturated heterocycles. The molecule has 1 aliphatic rings. The molecule has 29 heavy (non-hydrogen) atoms. The zero-order valence-electron chi connectivity index (χ0n) is 15.8. The molecule has 3 aromatic carbocycles. The van der Waals surface area contributed by atoms with Crippen molar-refractivity contribution in [1.82, 2.24) is 9.88 Å². The van der Waals surface area contributed by atoms with Crippen LogP contribution >= 0.6 is 0 Å². The lowest BCUT2D eigenvalue weighted by Gasteiger charge is -2.29. The van der Waals surface area contributed by atoms with E-state index in [0.29, 0.717) is 24.2 Å². The quantitative estimate of drug-likeness (QED) is 0.466. The SMILES string of the molecule is O=C(Nc1c[nH]c2ccc(F)cc12)N1CCc2cc(-c3ccccc3)ccc2C1. The van der Waals surface area contributed by atoms with Crippen LogP contribution in [-0.2, 0) is 13.0 Å². The number of aromatic nitrogens is 1. The van der Waals surface area contributed by atoms with Crippen LogP contribution in [0.25, 0.3) is 22.0 Å². The van der Waals surface area contributed by atoms with E-state index in [-0.39, 0.29) is 11.8 Å². The summed E-state index contributed by atoms with van der Waals surface area (Å²) < 4.78 is 13.6. The van der Waals surface area contributed by atoms with Crippen molar-refractivity contribution in [3.63, 3.8) is 0 Å². The Morgan fingerprint density at radius 1 is 0.966 bits per heavy atom. The molecule has 0 spiro atoms. The Labute approximate surface area is 168 Å². The zero-order chi connectivity index (χ0) is 19.8. The second kappa shape index (κ2) is 7.09. The van der Waals surface area contributed by atoms with Gasteiger partial charge in [-0.05, 0) is 46.9 Å². The lowest BCUT2D eigenvalue weighted by atomic mass is 9.95. The molecule has 5 rings (SSSR count). The number of fused-ring (bicyclic) bond motifs is 2. The van der Waals surface area contributed by atoms with Crippen molar-refractivity contribution in [2.24, 2.45) is 0 Å². The third-order valence-electron chi connectivity index (χ3n) is 5.50. The number of nitrogens with one attached hydrogen (secondary N) is 2. The third-order valence-corrected chi connectivity index (χ3v) is 5.50. The minimum Gasteiger partial charge on any atom is -0.359 e. The van der Waals surface area contributed by atoms with Crippen LogP contribution in [-0.4, -0.2) is 22.5 Å². The van der Waals surface area contributed by atoms with Crippen LogP contribution in [0.3, 0.4) is 0 Å². The fourth-order valence-electron chi connectivity index (χ4n) is 3.93. The van der Waals surface area contributed by atoms with Gasteiger partial charge in [0.15, 0.2) is 0 Å². The number of amides is 2. The summed E-state index contributed by atoms with van der Waals surface area (Å²) >= 11 is 0. The molecule has 4 aromatic rings. The Hall–Kier alpha value is -3.60. The van der Waals surface area contributed by atoms with Crippen molar-refractivity contribution in [3.8, 4) is 11.1 Å². The van der Waals surface area contributed by atoms with E-state index >= 15 is 0 Å². The van der Waals surface area contributed by atoms with Gasteiger partial charge in [-0.3, -0.25) is 0 Å². The lowest BCUT2D eigenvalue weighted by molar-refractivity contribution is 0.206. The van der Waals surface area contributed by atoms with Crippen molar-refractivity contribution < 1.29 is 9.18 Å². The van der Waals surface area contributed by atoms with E-state index in [9.17, 15) is 9.18 Å². The number of carbonyl (C=O) groups is 1. The predicted molar refractivity (Wildman–Crippen MR) is 113 cm³/mol. The van der Waals surface area contributed by atoms with Gasteiger partial charge in [0.25, 0.3) is 0 Å². The molecule has 4 nitrogen and oxygen atoms in total. The highest BCUT2D eigenvalue weighted by molar-refractivity contribution is 6.01. The Balaban J connectivity index is 1.34. The van der Waals surface area contributed by atoms with Crippen molar-refractivity contribution >= 4 is 22.6 Å². The van der Waals surface area contributed by atoms with Crippen molar-refractivity contribution in [3.05, 3.63) is 89.9 Å². The number of aromatic amines is 1. The summed E-state index contributed by atoms with van der Waals surface area (Å²) in [4.78, 5) is 17.7. The molecule has 2 amide bonds. The minimum atomic E-state index is -0.325. The third kappa shape index (κ3) is 3.36. The maximum Gasteiger partial charge on any atom is 0.322 e. The average Bonchev–Trinajstić information content (AvgIpc) is 3.15. The van der Waals surface area contributed by atoms with Crippen molar-refractivity contribution in [2.45, 2.75) is 13.0 Å². The number of benzene rings is 3. The second-order valence-corrected chi connectivity index (χ2v) is 7.34. The van der Waals surface area contributed by atoms with Gasteiger partial charge in [0.2, 0.25) is 0 Å². The molecule has 144 valence electrons. The molecule has 2 heterocycles. The Morgan fingerprint density at radius 2 is 1.83 bits per heavy atom. The van der Waals surface area contributed by atoms with Gasteiger partial charge in [-0.15, -0.1) is 0 Å². The van der Waals surface area contributed by atoms with Crippen LogP contribution in [0.15, 0.2) is 72.9 Å². The summed E-state index contributed by atoms with van der Waals surface area (Å²) in [5.74, 6) is -0.325. The summed E-state index contributed by atoms with van der Waals surface area (Å²) in [6, 6.07) is 21.1. The van der Waals surface area contributed by atoms with Crippen LogP contribution in [0.1, 0.15) is 11.1 Å². The molecule has 2 N–H and O–H groups in total. The van der Waals surface area contributed by atoms with E-state index in [1.54, 1.807) is 17.2 Å². The van der Waals surface area contributed by atoms with Gasteiger partial charge >= 0.3 is 6.03 Å². The normalized spacial score (nSPS) is 13.3. The highest BCUT2D eigenvalue weighted by Crippen LogP contribution is 2.28. The number of hydrogen-bond acceptors (Lipinski definition) is 1. The molecule has 0 atom stereocenters. The number of rotatable bonds is 2. The van der Waals surface area contributed by atoms with E-state index in [2.05, 4.69) is 40.6 Å². The number of halogens is 1. The van der Waals surface area contributed by atoms with Gasteiger partial charge in [-0.25, -0.2) is 9.18 Å². The first-order valence-corrected chi connectivity index (χ1v) is 9.67. The number of anilines is 1. The first-order valence-electron chi connectivity index (χ1n) is 9.67. The fraction of sp³-hybridized carbons (Fsp3) is 0.125. The number of carbonyl (C=O) groups excluding carboxylic acids is 1. The van der Waals surface area contributed by atoms with E-state index in [4.69, 9.17) is 0 Å². The number of nitrogens with zero attached hydrogens (tertiary/aromatic N) is 1. The van der Waals surface area contributed by atoms with E-state index < -0.39 is 0 Å². The number of urea groups is 1. The van der Waals surface area contributed by atoms with Crippen LogP contribution in [0, 0.1) is 5.82 Å². The standard InChI is InChI=1S/C24H20FN3O/c25-20-8-9-22-21(13-20)23(14-26-22)27-24(29)28-11-10-18-12-17(6-7-19(18)15-28)16-4-2-1-3-5-16/h1-9,12-14,26H,10-11,15H2,(H,27,29). The lowest BCUT2D eigenvalue weighted by Crippen LogP contribution is -2.38. The molecular formula is C24H20FN3O. The first kappa shape index (κ1) is 17.5. The Bertz CT molecular complexity index is 1200. The van der Waals surface area contributed by atoms with Gasteiger partial charge in [0, 0.05) is 30.2 Å². The highest BCUT2D eigenvalue weighted by Gasteiger charge is 2.22. The van der Waals surface area contributed by atoms with Crippen LogP contribution < -0.4 is 5.32 Å². The minimum absolute atomic E-state index is 0.173. The molecule has 0 fully saturated rings. The Kier molecular flexibility index (Phi) is 4.28. The van der Waals surface area contributed by atoms with Crippen molar-refractivity contribution in [1.29, 1.82) is 0 Å². The first-order chi connectivity index (χ1) is 14.2. The van der Waals surface area contributed by atoms with E-state index in [1.807, 2.05) is 18.2 Å². The van der Waals surface area contributed by atoms with Gasteiger partial charge < -0.3 is 15.2 Å². The average molecular weight is 385 g/mol. The number of hydrogen-bond donors (Lipinski definition) is 2. The van der Waals surface area contributed by atoms with Crippen LogP contribution in [0.4, 0.5) is 14.9 Å². The summed E-state index contributed by atoms with van der Waals surface area (Å²) in [5, 5.41) is 3.59. The monoisotopic (exact) mass is 385 g/mol. The van der Waals surface area contributed by atoms with E-state index in [0.717, 1.165) is 17.5 Å². The summed E-state index contributed by atoms with van der Waals surface area (Å²) in [6.45, 7) is 1.21. The van der Waals surface area contributed by atoms with Gasteiger partial charge in [-0.1, -0.05) is 48.5 Å². The molecule has 0 bridgehead atoms. The van der Waals surface area contributed by atoms with Crippen LogP contribution in [0.5, 0.6) is 0 Å². The van der Waals surface area contributed by atoms with Gasteiger partial charge in [0.1, 0.15) is 5.82 Å².